The summed E-state index contributed by atoms with van der Waals surface area (Å²) in [7, 11) is 1.33. The zero-order valence-corrected chi connectivity index (χ0v) is 18.7. The Hall–Kier alpha value is -3.81. The molecule has 0 bridgehead atoms. The first kappa shape index (κ1) is 24.8. The van der Waals surface area contributed by atoms with Gasteiger partial charge in [0.1, 0.15) is 0 Å². The molecule has 34 heavy (non-hydrogen) atoms. The number of fused-ring (bicyclic) bond motifs is 1. The van der Waals surface area contributed by atoms with Gasteiger partial charge in [0, 0.05) is 29.8 Å². The van der Waals surface area contributed by atoms with E-state index in [9.17, 15) is 18.4 Å². The van der Waals surface area contributed by atoms with E-state index in [-0.39, 0.29) is 22.2 Å². The maximum absolute atomic E-state index is 13.5. The van der Waals surface area contributed by atoms with Crippen LogP contribution in [0.5, 0.6) is 0 Å². The number of carbonyl (C=O) groups excluding carboxylic acids is 2. The second-order valence-electron chi connectivity index (χ2n) is 8.19. The van der Waals surface area contributed by atoms with Crippen molar-refractivity contribution >= 4 is 17.7 Å². The van der Waals surface area contributed by atoms with Crippen molar-refractivity contribution in [3.8, 4) is 11.1 Å². The van der Waals surface area contributed by atoms with Gasteiger partial charge in [-0.1, -0.05) is 48.5 Å². The number of hydrogen-bond acceptors (Lipinski definition) is 3. The molecule has 0 radical (unpaired) electrons. The number of ether oxygens (including phenoxy) is 1. The summed E-state index contributed by atoms with van der Waals surface area (Å²) in [5.74, 6) is -3.22. The molecule has 0 fully saturated rings. The molecule has 0 heterocycles. The number of hydrogen-bond donors (Lipinski definition) is 2. The van der Waals surface area contributed by atoms with Crippen molar-refractivity contribution in [3.05, 3.63) is 89.0 Å². The first-order chi connectivity index (χ1) is 15.7. The van der Waals surface area contributed by atoms with E-state index in [1.165, 1.54) is 19.2 Å². The van der Waals surface area contributed by atoms with Crippen LogP contribution in [0.25, 0.3) is 11.1 Å². The molecule has 0 saturated carbocycles. The van der Waals surface area contributed by atoms with Gasteiger partial charge in [0.2, 0.25) is 0 Å². The first-order valence-corrected chi connectivity index (χ1v) is 10.6. The molecule has 5 nitrogen and oxygen atoms in total. The standard InChI is InChI=1S/C26H24F2N2O3.FH/c1-26(27,28)19-10-7-16(8-11-19)22-5-3-4-6-23(22)24(31)29-20-12-9-17-13-21(15-18(17)14-20)30-25(32)33-2;/h3-12,14,21H,13,15H2,1-2H3,(H,29,31)(H,30,32);1H/t21-;/m1./s1. The molecule has 8 heteroatoms. The molecule has 3 aromatic carbocycles. The minimum atomic E-state index is -2.92. The van der Waals surface area contributed by atoms with Crippen LogP contribution in [0, 0.1) is 0 Å². The third kappa shape index (κ3) is 5.39. The lowest BCUT2D eigenvalue weighted by Crippen LogP contribution is -2.35. The molecule has 0 aromatic heterocycles. The van der Waals surface area contributed by atoms with Crippen LogP contribution >= 0.6 is 0 Å². The fourth-order valence-corrected chi connectivity index (χ4v) is 4.10. The maximum Gasteiger partial charge on any atom is 0.407 e. The summed E-state index contributed by atoms with van der Waals surface area (Å²) >= 11 is 0. The highest BCUT2D eigenvalue weighted by molar-refractivity contribution is 6.08. The fourth-order valence-electron chi connectivity index (χ4n) is 4.10. The van der Waals surface area contributed by atoms with E-state index in [1.807, 2.05) is 18.2 Å². The largest absolute Gasteiger partial charge is 0.453 e. The molecule has 3 aromatic rings. The lowest BCUT2D eigenvalue weighted by molar-refractivity contribution is 0.0175. The summed E-state index contributed by atoms with van der Waals surface area (Å²) in [5, 5.41) is 5.73. The van der Waals surface area contributed by atoms with Crippen molar-refractivity contribution in [2.75, 3.05) is 12.4 Å². The van der Waals surface area contributed by atoms with Crippen LogP contribution < -0.4 is 10.6 Å². The normalized spacial score (nSPS) is 14.5. The summed E-state index contributed by atoms with van der Waals surface area (Å²) in [6.07, 6.45) is 0.890. The van der Waals surface area contributed by atoms with Crippen molar-refractivity contribution < 1.29 is 27.8 Å². The predicted molar refractivity (Wildman–Crippen MR) is 125 cm³/mol. The van der Waals surface area contributed by atoms with Gasteiger partial charge in [-0.15, -0.1) is 0 Å². The summed E-state index contributed by atoms with van der Waals surface area (Å²) < 4.78 is 31.8. The summed E-state index contributed by atoms with van der Waals surface area (Å²) in [4.78, 5) is 24.6. The zero-order chi connectivity index (χ0) is 23.6. The van der Waals surface area contributed by atoms with E-state index in [4.69, 9.17) is 0 Å². The Morgan fingerprint density at radius 2 is 1.65 bits per heavy atom. The second-order valence-corrected chi connectivity index (χ2v) is 8.19. The Labute approximate surface area is 195 Å². The van der Waals surface area contributed by atoms with Crippen LogP contribution in [0.3, 0.4) is 0 Å². The lowest BCUT2D eigenvalue weighted by atomic mass is 9.97. The second kappa shape index (κ2) is 9.99. The van der Waals surface area contributed by atoms with Crippen LogP contribution in [0.4, 0.5) is 24.0 Å². The number of alkyl halides is 2. The highest BCUT2D eigenvalue weighted by atomic mass is 19.3. The molecule has 1 aliphatic rings. The first-order valence-electron chi connectivity index (χ1n) is 10.6. The lowest BCUT2D eigenvalue weighted by Gasteiger charge is -2.14. The van der Waals surface area contributed by atoms with E-state index < -0.39 is 12.0 Å². The zero-order valence-electron chi connectivity index (χ0n) is 18.7. The highest BCUT2D eigenvalue weighted by Crippen LogP contribution is 2.31. The number of alkyl carbamates (subject to hydrolysis) is 1. The maximum atomic E-state index is 13.5. The van der Waals surface area contributed by atoms with E-state index in [2.05, 4.69) is 15.4 Å². The minimum absolute atomic E-state index is 0. The fraction of sp³-hybridized carbons (Fsp3) is 0.231. The molecule has 0 saturated heterocycles. The topological polar surface area (TPSA) is 67.4 Å². The number of methoxy groups -OCH3 is 1. The molecule has 4 rings (SSSR count). The van der Waals surface area contributed by atoms with Gasteiger partial charge in [-0.05, 0) is 53.3 Å². The molecular formula is C26H25F3N2O3. The smallest absolute Gasteiger partial charge is 0.407 e. The molecule has 1 aliphatic carbocycles. The Kier molecular flexibility index (Phi) is 7.29. The predicted octanol–water partition coefficient (Wildman–Crippen LogP) is 5.69. The van der Waals surface area contributed by atoms with Crippen LogP contribution in [0.1, 0.15) is 34.0 Å². The average molecular weight is 470 g/mol. The summed E-state index contributed by atoms with van der Waals surface area (Å²) in [5.41, 5.74) is 4.52. The van der Waals surface area contributed by atoms with E-state index >= 15 is 0 Å². The highest BCUT2D eigenvalue weighted by Gasteiger charge is 2.25. The van der Waals surface area contributed by atoms with Gasteiger partial charge in [0.05, 0.1) is 7.11 Å². The van der Waals surface area contributed by atoms with Gasteiger partial charge in [-0.3, -0.25) is 9.50 Å². The van der Waals surface area contributed by atoms with Gasteiger partial charge in [0.15, 0.2) is 0 Å². The van der Waals surface area contributed by atoms with E-state index in [0.717, 1.165) is 18.1 Å². The van der Waals surface area contributed by atoms with Crippen molar-refractivity contribution in [3.63, 3.8) is 0 Å². The van der Waals surface area contributed by atoms with Crippen molar-refractivity contribution in [1.82, 2.24) is 5.32 Å². The van der Waals surface area contributed by atoms with Crippen molar-refractivity contribution in [1.29, 1.82) is 0 Å². The van der Waals surface area contributed by atoms with Crippen LogP contribution in [-0.2, 0) is 23.5 Å². The average Bonchev–Trinajstić information content (AvgIpc) is 3.20. The molecule has 2 N–H and O–H groups in total. The van der Waals surface area contributed by atoms with Gasteiger partial charge in [0.25, 0.3) is 11.8 Å². The van der Waals surface area contributed by atoms with Gasteiger partial charge >= 0.3 is 6.09 Å². The molecule has 178 valence electrons. The Morgan fingerprint density at radius 1 is 0.971 bits per heavy atom. The summed E-state index contributed by atoms with van der Waals surface area (Å²) in [6.45, 7) is 0.855. The quantitative estimate of drug-likeness (QED) is 0.503. The van der Waals surface area contributed by atoms with Crippen molar-refractivity contribution in [2.45, 2.75) is 31.7 Å². The molecule has 2 amide bonds. The molecule has 0 spiro atoms. The number of nitrogens with one attached hydrogen (secondary N) is 2. The number of carbonyl (C=O) groups is 2. The molecule has 0 aliphatic heterocycles. The van der Waals surface area contributed by atoms with Gasteiger partial charge in [-0.25, -0.2) is 13.6 Å². The number of benzene rings is 3. The third-order valence-corrected chi connectivity index (χ3v) is 5.78. The van der Waals surface area contributed by atoms with Crippen molar-refractivity contribution in [2.24, 2.45) is 0 Å². The minimum Gasteiger partial charge on any atom is -0.453 e. The number of halogens is 3. The number of anilines is 1. The molecular weight excluding hydrogens is 445 g/mol. The van der Waals surface area contributed by atoms with E-state index in [1.54, 1.807) is 36.4 Å². The van der Waals surface area contributed by atoms with Crippen LogP contribution in [-0.4, -0.2) is 25.2 Å². The Bertz CT molecular complexity index is 1190. The number of amides is 2. The SMILES string of the molecule is COC(=O)N[C@@H]1Cc2ccc(NC(=O)c3ccccc3-c3ccc(C(C)(F)F)cc3)cc2C1.F. The van der Waals surface area contributed by atoms with E-state index in [0.29, 0.717) is 35.2 Å². The molecule has 0 unspecified atom stereocenters. The monoisotopic (exact) mass is 470 g/mol. The number of rotatable bonds is 5. The summed E-state index contributed by atoms with van der Waals surface area (Å²) in [6, 6.07) is 18.7. The van der Waals surface area contributed by atoms with Gasteiger partial charge < -0.3 is 15.4 Å². The van der Waals surface area contributed by atoms with Crippen LogP contribution in [0.2, 0.25) is 0 Å². The molecule has 1 atom stereocenters. The Morgan fingerprint density at radius 3 is 2.32 bits per heavy atom. The van der Waals surface area contributed by atoms with Gasteiger partial charge in [-0.2, -0.15) is 0 Å². The Balaban J connectivity index is 0.00000324. The third-order valence-electron chi connectivity index (χ3n) is 5.78. The van der Waals surface area contributed by atoms with Crippen LogP contribution in [0.15, 0.2) is 66.7 Å².